The summed E-state index contributed by atoms with van der Waals surface area (Å²) in [4.78, 5) is 2.41. The van der Waals surface area contributed by atoms with E-state index in [9.17, 15) is 4.39 Å². The number of hydrogen-bond donors (Lipinski definition) is 1. The predicted molar refractivity (Wildman–Crippen MR) is 71.5 cm³/mol. The van der Waals surface area contributed by atoms with Crippen LogP contribution in [-0.2, 0) is 6.54 Å². The third-order valence-electron chi connectivity index (χ3n) is 3.24. The molecule has 96 valence electrons. The Morgan fingerprint density at radius 2 is 2.00 bits per heavy atom. The van der Waals surface area contributed by atoms with Gasteiger partial charge in [0, 0.05) is 12.1 Å². The van der Waals surface area contributed by atoms with Crippen molar-refractivity contribution in [2.75, 3.05) is 19.6 Å². The van der Waals surface area contributed by atoms with E-state index < -0.39 is 0 Å². The van der Waals surface area contributed by atoms with Gasteiger partial charge in [0.15, 0.2) is 0 Å². The zero-order valence-corrected chi connectivity index (χ0v) is 10.6. The fourth-order valence-electron chi connectivity index (χ4n) is 2.31. The van der Waals surface area contributed by atoms with Crippen molar-refractivity contribution in [1.29, 1.82) is 0 Å². The van der Waals surface area contributed by atoms with Crippen LogP contribution >= 0.6 is 0 Å². The third-order valence-corrected chi connectivity index (χ3v) is 3.24. The first-order chi connectivity index (χ1) is 8.79. The maximum Gasteiger partial charge on any atom is 0.124 e. The highest BCUT2D eigenvalue weighted by Crippen LogP contribution is 2.16. The fraction of sp³-hybridized carbons (Fsp3) is 0.467. The van der Waals surface area contributed by atoms with E-state index in [1.807, 2.05) is 6.07 Å². The van der Waals surface area contributed by atoms with Crippen molar-refractivity contribution in [3.05, 3.63) is 35.1 Å². The minimum Gasteiger partial charge on any atom is -0.320 e. The molecule has 0 aliphatic carbocycles. The molecule has 0 saturated carbocycles. The van der Waals surface area contributed by atoms with Gasteiger partial charge in [-0.15, -0.1) is 0 Å². The molecule has 0 amide bonds. The molecule has 2 nitrogen and oxygen atoms in total. The van der Waals surface area contributed by atoms with E-state index in [4.69, 9.17) is 5.73 Å². The summed E-state index contributed by atoms with van der Waals surface area (Å²) in [6, 6.07) is 4.85. The summed E-state index contributed by atoms with van der Waals surface area (Å²) in [6.07, 6.45) is 3.83. The largest absolute Gasteiger partial charge is 0.320 e. The quantitative estimate of drug-likeness (QED) is 0.810. The van der Waals surface area contributed by atoms with E-state index in [1.54, 1.807) is 0 Å². The molecule has 0 spiro atoms. The van der Waals surface area contributed by atoms with Crippen LogP contribution in [-0.4, -0.2) is 24.5 Å². The third kappa shape index (κ3) is 3.56. The molecule has 1 aliphatic heterocycles. The van der Waals surface area contributed by atoms with E-state index in [0.29, 0.717) is 6.54 Å². The van der Waals surface area contributed by atoms with E-state index in [1.165, 1.54) is 31.4 Å². The monoisotopic (exact) mass is 246 g/mol. The highest BCUT2D eigenvalue weighted by molar-refractivity contribution is 5.41. The lowest BCUT2D eigenvalue weighted by Crippen LogP contribution is -2.29. The van der Waals surface area contributed by atoms with E-state index in [0.717, 1.165) is 30.8 Å². The average Bonchev–Trinajstić information content (AvgIpc) is 2.40. The normalized spacial score (nSPS) is 16.1. The summed E-state index contributed by atoms with van der Waals surface area (Å²) in [5, 5.41) is 0. The van der Waals surface area contributed by atoms with Crippen molar-refractivity contribution < 1.29 is 4.39 Å². The Kier molecular flexibility index (Phi) is 4.74. The van der Waals surface area contributed by atoms with E-state index in [2.05, 4.69) is 16.7 Å². The molecule has 1 aromatic carbocycles. The van der Waals surface area contributed by atoms with Crippen LogP contribution in [0.4, 0.5) is 4.39 Å². The first kappa shape index (κ1) is 13.1. The zero-order chi connectivity index (χ0) is 12.8. The Hall–Kier alpha value is -1.37. The molecule has 3 heteroatoms. The maximum atomic E-state index is 13.2. The van der Waals surface area contributed by atoms with Crippen molar-refractivity contribution >= 4 is 0 Å². The van der Waals surface area contributed by atoms with Crippen LogP contribution in [0, 0.1) is 17.7 Å². The molecule has 1 saturated heterocycles. The molecule has 1 aromatic rings. The minimum atomic E-state index is -0.237. The number of nitrogens with two attached hydrogens (primary N) is 1. The molecule has 0 bridgehead atoms. The van der Waals surface area contributed by atoms with Gasteiger partial charge in [-0.1, -0.05) is 24.3 Å². The molecule has 0 unspecified atom stereocenters. The maximum absolute atomic E-state index is 13.2. The molecule has 0 aromatic heterocycles. The van der Waals surface area contributed by atoms with Crippen molar-refractivity contribution in [3.8, 4) is 11.8 Å². The summed E-state index contributed by atoms with van der Waals surface area (Å²) in [7, 11) is 0. The van der Waals surface area contributed by atoms with Crippen LogP contribution in [0.2, 0.25) is 0 Å². The first-order valence-electron chi connectivity index (χ1n) is 6.49. The van der Waals surface area contributed by atoms with E-state index >= 15 is 0 Å². The number of rotatable bonds is 2. The van der Waals surface area contributed by atoms with Crippen LogP contribution in [0.15, 0.2) is 18.2 Å². The second-order valence-corrected chi connectivity index (χ2v) is 4.64. The Morgan fingerprint density at radius 3 is 2.72 bits per heavy atom. The number of piperidine rings is 1. The molecule has 1 fully saturated rings. The summed E-state index contributed by atoms with van der Waals surface area (Å²) in [5.74, 6) is 5.53. The lowest BCUT2D eigenvalue weighted by molar-refractivity contribution is 0.220. The Morgan fingerprint density at radius 1 is 1.22 bits per heavy atom. The van der Waals surface area contributed by atoms with Crippen molar-refractivity contribution in [2.45, 2.75) is 25.8 Å². The number of halogens is 1. The van der Waals surface area contributed by atoms with Crippen LogP contribution in [0.5, 0.6) is 0 Å². The van der Waals surface area contributed by atoms with Gasteiger partial charge in [0.2, 0.25) is 0 Å². The number of likely N-dealkylation sites (tertiary alicyclic amines) is 1. The molecule has 0 atom stereocenters. The Labute approximate surface area is 108 Å². The predicted octanol–water partition coefficient (Wildman–Crippen LogP) is 2.12. The molecule has 1 aliphatic rings. The van der Waals surface area contributed by atoms with Gasteiger partial charge >= 0.3 is 0 Å². The van der Waals surface area contributed by atoms with Crippen LogP contribution in [0.25, 0.3) is 0 Å². The van der Waals surface area contributed by atoms with Gasteiger partial charge in [-0.25, -0.2) is 4.39 Å². The zero-order valence-electron chi connectivity index (χ0n) is 10.6. The molecule has 0 radical (unpaired) electrons. The van der Waals surface area contributed by atoms with Crippen LogP contribution < -0.4 is 5.73 Å². The van der Waals surface area contributed by atoms with Crippen LogP contribution in [0.1, 0.15) is 30.4 Å². The van der Waals surface area contributed by atoms with Crippen LogP contribution in [0.3, 0.4) is 0 Å². The van der Waals surface area contributed by atoms with Gasteiger partial charge in [0.05, 0.1) is 6.54 Å². The number of hydrogen-bond acceptors (Lipinski definition) is 2. The standard InChI is InChI=1S/C15H19FN2/c16-15-7-6-14(13(11-15)5-4-8-17)12-18-9-2-1-3-10-18/h6-7,11H,1-3,8-10,12,17H2. The van der Waals surface area contributed by atoms with Gasteiger partial charge in [0.1, 0.15) is 5.82 Å². The smallest absolute Gasteiger partial charge is 0.124 e. The molecule has 18 heavy (non-hydrogen) atoms. The molecule has 2 N–H and O–H groups in total. The Bertz CT molecular complexity index is 453. The molecular weight excluding hydrogens is 227 g/mol. The first-order valence-corrected chi connectivity index (χ1v) is 6.49. The topological polar surface area (TPSA) is 29.3 Å². The number of nitrogens with zero attached hydrogens (tertiary/aromatic N) is 1. The van der Waals surface area contributed by atoms with Gasteiger partial charge in [-0.2, -0.15) is 0 Å². The summed E-state index contributed by atoms with van der Waals surface area (Å²) >= 11 is 0. The fourth-order valence-corrected chi connectivity index (χ4v) is 2.31. The average molecular weight is 246 g/mol. The highest BCUT2D eigenvalue weighted by Gasteiger charge is 2.12. The van der Waals surface area contributed by atoms with Gasteiger partial charge in [0.25, 0.3) is 0 Å². The van der Waals surface area contributed by atoms with Gasteiger partial charge in [-0.05, 0) is 43.6 Å². The lowest BCUT2D eigenvalue weighted by Gasteiger charge is -2.26. The summed E-state index contributed by atoms with van der Waals surface area (Å²) in [6.45, 7) is 3.41. The van der Waals surface area contributed by atoms with E-state index in [-0.39, 0.29) is 5.82 Å². The van der Waals surface area contributed by atoms with Gasteiger partial charge < -0.3 is 5.73 Å². The Balaban J connectivity index is 2.15. The second kappa shape index (κ2) is 6.53. The highest BCUT2D eigenvalue weighted by atomic mass is 19.1. The number of benzene rings is 1. The minimum absolute atomic E-state index is 0.237. The summed E-state index contributed by atoms with van der Waals surface area (Å²) < 4.78 is 13.2. The van der Waals surface area contributed by atoms with Gasteiger partial charge in [-0.3, -0.25) is 4.90 Å². The van der Waals surface area contributed by atoms with Crippen molar-refractivity contribution in [1.82, 2.24) is 4.90 Å². The second-order valence-electron chi connectivity index (χ2n) is 4.64. The molecular formula is C15H19FN2. The SMILES string of the molecule is NCC#Cc1cc(F)ccc1CN1CCCCC1. The van der Waals surface area contributed by atoms with Crippen molar-refractivity contribution in [2.24, 2.45) is 5.73 Å². The van der Waals surface area contributed by atoms with Crippen molar-refractivity contribution in [3.63, 3.8) is 0 Å². The molecule has 2 rings (SSSR count). The lowest BCUT2D eigenvalue weighted by atomic mass is 10.0. The summed E-state index contributed by atoms with van der Waals surface area (Å²) in [5.41, 5.74) is 7.24. The molecule has 1 heterocycles.